The van der Waals surface area contributed by atoms with Crippen LogP contribution in [0.15, 0.2) is 36.4 Å². The van der Waals surface area contributed by atoms with Gasteiger partial charge in [-0.3, -0.25) is 9.59 Å². The molecule has 0 fully saturated rings. The first-order valence-corrected chi connectivity index (χ1v) is 9.17. The summed E-state index contributed by atoms with van der Waals surface area (Å²) in [5, 5.41) is 13.7. The second-order valence-corrected chi connectivity index (χ2v) is 7.11. The molecule has 0 unspecified atom stereocenters. The molecule has 6 nitrogen and oxygen atoms in total. The minimum absolute atomic E-state index is 0.0428. The summed E-state index contributed by atoms with van der Waals surface area (Å²) in [6.07, 6.45) is -2.64. The third-order valence-electron chi connectivity index (χ3n) is 3.85. The summed E-state index contributed by atoms with van der Waals surface area (Å²) in [6.45, 7) is 3.54. The first-order chi connectivity index (χ1) is 13.5. The number of carboxylic acid groups (broad SMARTS) is 1. The van der Waals surface area contributed by atoms with Crippen LogP contribution in [0, 0.1) is 6.92 Å². The van der Waals surface area contributed by atoms with Crippen LogP contribution in [-0.2, 0) is 22.2 Å². The maximum Gasteiger partial charge on any atom is 0.416 e. The number of carbonyl (C=O) groups excluding carboxylic acids is 2. The maximum absolute atomic E-state index is 12.9. The first-order valence-electron chi connectivity index (χ1n) is 8.35. The fourth-order valence-corrected chi connectivity index (χ4v) is 3.75. The fourth-order valence-electron chi connectivity index (χ4n) is 2.60. The molecule has 2 rings (SSSR count). The van der Waals surface area contributed by atoms with Gasteiger partial charge in [0.2, 0.25) is 5.91 Å². The molecule has 10 heteroatoms. The van der Waals surface area contributed by atoms with Crippen LogP contribution >= 0.6 is 11.3 Å². The Morgan fingerprint density at radius 1 is 1.17 bits per heavy atom. The van der Waals surface area contributed by atoms with Crippen molar-refractivity contribution in [3.63, 3.8) is 0 Å². The van der Waals surface area contributed by atoms with E-state index in [0.29, 0.717) is 18.1 Å². The number of nitrogens with one attached hydrogen (secondary N) is 2. The summed E-state index contributed by atoms with van der Waals surface area (Å²) in [4.78, 5) is 36.0. The molecule has 0 aliphatic heterocycles. The third kappa shape index (κ3) is 5.67. The molecule has 154 valence electrons. The molecular formula is C19H17F3N2O4S. The van der Waals surface area contributed by atoms with E-state index in [-0.39, 0.29) is 16.3 Å². The van der Waals surface area contributed by atoms with Crippen molar-refractivity contribution in [2.24, 2.45) is 0 Å². The van der Waals surface area contributed by atoms with Gasteiger partial charge in [0.15, 0.2) is 0 Å². The van der Waals surface area contributed by atoms with Gasteiger partial charge in [-0.05, 0) is 37.1 Å². The van der Waals surface area contributed by atoms with Gasteiger partial charge in [-0.2, -0.15) is 13.2 Å². The van der Waals surface area contributed by atoms with Crippen LogP contribution in [0.1, 0.15) is 33.3 Å². The van der Waals surface area contributed by atoms with E-state index < -0.39 is 29.5 Å². The van der Waals surface area contributed by atoms with Crippen molar-refractivity contribution in [1.29, 1.82) is 0 Å². The van der Waals surface area contributed by atoms with E-state index in [9.17, 15) is 27.6 Å². The van der Waals surface area contributed by atoms with E-state index in [1.165, 1.54) is 12.1 Å². The van der Waals surface area contributed by atoms with Gasteiger partial charge in [-0.1, -0.05) is 13.0 Å². The number of thiophene rings is 1. The monoisotopic (exact) mass is 426 g/mol. The Bertz CT molecular complexity index is 980. The average molecular weight is 426 g/mol. The van der Waals surface area contributed by atoms with Gasteiger partial charge in [-0.15, -0.1) is 11.3 Å². The van der Waals surface area contributed by atoms with E-state index in [4.69, 9.17) is 5.11 Å². The van der Waals surface area contributed by atoms with Gasteiger partial charge >= 0.3 is 12.1 Å². The van der Waals surface area contributed by atoms with Crippen LogP contribution in [0.3, 0.4) is 0 Å². The highest BCUT2D eigenvalue weighted by Crippen LogP contribution is 2.35. The zero-order chi connectivity index (χ0) is 21.8. The smallest absolute Gasteiger partial charge is 0.416 e. The molecule has 0 saturated carbocycles. The quantitative estimate of drug-likeness (QED) is 0.594. The molecule has 0 spiro atoms. The molecule has 1 aromatic heterocycles. The van der Waals surface area contributed by atoms with Crippen molar-refractivity contribution in [3.8, 4) is 0 Å². The summed E-state index contributed by atoms with van der Waals surface area (Å²) < 4.78 is 38.6. The Labute approximate surface area is 168 Å². The predicted octanol–water partition coefficient (Wildman–Crippen LogP) is 4.47. The lowest BCUT2D eigenvalue weighted by atomic mass is 10.1. The SMILES string of the molecule is CCc1c(C)sc(NC(=O)/C=C/C(=O)O)c1C(=O)Nc1cccc(C(F)(F)F)c1. The highest BCUT2D eigenvalue weighted by molar-refractivity contribution is 7.16. The van der Waals surface area contributed by atoms with Gasteiger partial charge < -0.3 is 15.7 Å². The summed E-state index contributed by atoms with van der Waals surface area (Å²) in [6, 6.07) is 4.21. The Morgan fingerprint density at radius 2 is 1.86 bits per heavy atom. The fraction of sp³-hybridized carbons (Fsp3) is 0.211. The second kappa shape index (κ2) is 8.91. The van der Waals surface area contributed by atoms with Gasteiger partial charge in [0, 0.05) is 22.7 Å². The lowest BCUT2D eigenvalue weighted by molar-refractivity contribution is -0.137. The van der Waals surface area contributed by atoms with Gasteiger partial charge in [0.05, 0.1) is 11.1 Å². The van der Waals surface area contributed by atoms with Crippen LogP contribution in [0.4, 0.5) is 23.9 Å². The maximum atomic E-state index is 12.9. The lowest BCUT2D eigenvalue weighted by Crippen LogP contribution is -2.17. The molecule has 0 atom stereocenters. The molecule has 2 amide bonds. The van der Waals surface area contributed by atoms with Crippen LogP contribution in [-0.4, -0.2) is 22.9 Å². The number of rotatable bonds is 6. The van der Waals surface area contributed by atoms with Crippen LogP contribution < -0.4 is 10.6 Å². The van der Waals surface area contributed by atoms with E-state index in [1.54, 1.807) is 13.8 Å². The Morgan fingerprint density at radius 3 is 2.45 bits per heavy atom. The number of carbonyl (C=O) groups is 3. The number of amides is 2. The van der Waals surface area contributed by atoms with Crippen molar-refractivity contribution >= 4 is 39.8 Å². The van der Waals surface area contributed by atoms with Crippen molar-refractivity contribution in [3.05, 3.63) is 58.0 Å². The van der Waals surface area contributed by atoms with Gasteiger partial charge in [0.25, 0.3) is 5.91 Å². The number of hydrogen-bond donors (Lipinski definition) is 3. The normalized spacial score (nSPS) is 11.5. The number of benzene rings is 1. The largest absolute Gasteiger partial charge is 0.478 e. The molecule has 0 saturated heterocycles. The van der Waals surface area contributed by atoms with E-state index in [1.807, 2.05) is 0 Å². The third-order valence-corrected chi connectivity index (χ3v) is 4.91. The summed E-state index contributed by atoms with van der Waals surface area (Å²) in [5.74, 6) is -2.73. The number of aryl methyl sites for hydroxylation is 1. The van der Waals surface area contributed by atoms with Crippen molar-refractivity contribution in [2.75, 3.05) is 10.6 Å². The highest BCUT2D eigenvalue weighted by atomic mass is 32.1. The minimum Gasteiger partial charge on any atom is -0.478 e. The molecule has 29 heavy (non-hydrogen) atoms. The zero-order valence-corrected chi connectivity index (χ0v) is 16.2. The zero-order valence-electron chi connectivity index (χ0n) is 15.4. The molecule has 0 aliphatic rings. The van der Waals surface area contributed by atoms with Gasteiger partial charge in [-0.25, -0.2) is 4.79 Å². The highest BCUT2D eigenvalue weighted by Gasteiger charge is 2.30. The summed E-state index contributed by atoms with van der Waals surface area (Å²) in [5.41, 5.74) is -0.180. The van der Waals surface area contributed by atoms with Crippen molar-refractivity contribution in [1.82, 2.24) is 0 Å². The molecule has 0 aliphatic carbocycles. The van der Waals surface area contributed by atoms with E-state index in [2.05, 4.69) is 10.6 Å². The number of alkyl halides is 3. The summed E-state index contributed by atoms with van der Waals surface area (Å²) in [7, 11) is 0. The number of hydrogen-bond acceptors (Lipinski definition) is 4. The standard InChI is InChI=1S/C19H17F3N2O4S/c1-3-13-10(2)29-18(24-14(25)7-8-15(26)27)16(13)17(28)23-12-6-4-5-11(9-12)19(20,21)22/h4-9H,3H2,1-2H3,(H,23,28)(H,24,25)(H,26,27)/b8-7+. The van der Waals surface area contributed by atoms with Crippen LogP contribution in [0.5, 0.6) is 0 Å². The summed E-state index contributed by atoms with van der Waals surface area (Å²) >= 11 is 1.12. The average Bonchev–Trinajstić information content (AvgIpc) is 2.94. The molecule has 1 heterocycles. The number of anilines is 2. The van der Waals surface area contributed by atoms with Gasteiger partial charge in [0.1, 0.15) is 5.00 Å². The molecule has 2 aromatic rings. The number of halogens is 3. The molecule has 1 aromatic carbocycles. The topological polar surface area (TPSA) is 95.5 Å². The molecule has 0 radical (unpaired) electrons. The molecule has 0 bridgehead atoms. The Kier molecular flexibility index (Phi) is 6.80. The predicted molar refractivity (Wildman–Crippen MR) is 103 cm³/mol. The first kappa shape index (κ1) is 22.2. The van der Waals surface area contributed by atoms with Crippen molar-refractivity contribution in [2.45, 2.75) is 26.4 Å². The van der Waals surface area contributed by atoms with Crippen LogP contribution in [0.2, 0.25) is 0 Å². The number of carboxylic acids is 1. The van der Waals surface area contributed by atoms with Crippen LogP contribution in [0.25, 0.3) is 0 Å². The second-order valence-electron chi connectivity index (χ2n) is 5.89. The molecular weight excluding hydrogens is 409 g/mol. The minimum atomic E-state index is -4.55. The van der Waals surface area contributed by atoms with E-state index in [0.717, 1.165) is 34.4 Å². The Hall–Kier alpha value is -3.14. The Balaban J connectivity index is 2.34. The number of aliphatic carboxylic acids is 1. The van der Waals surface area contributed by atoms with E-state index >= 15 is 0 Å². The lowest BCUT2D eigenvalue weighted by Gasteiger charge is -2.11. The molecule has 3 N–H and O–H groups in total. The van der Waals surface area contributed by atoms with Crippen molar-refractivity contribution < 1.29 is 32.7 Å².